The third-order valence-electron chi connectivity index (χ3n) is 5.45. The average Bonchev–Trinajstić information content (AvgIpc) is 2.96. The van der Waals surface area contributed by atoms with E-state index in [1.54, 1.807) is 0 Å². The molecule has 0 spiro atoms. The molecule has 4 nitrogen and oxygen atoms in total. The molecule has 2 N–H and O–H groups in total. The molecule has 162 valence electrons. The molecular weight excluding hydrogens is 413 g/mol. The minimum absolute atomic E-state index is 0.0620. The number of anilines is 2. The molecule has 2 aromatic rings. The number of alkyl halides is 3. The summed E-state index contributed by atoms with van der Waals surface area (Å²) in [6, 6.07) is 4.53. The molecule has 1 aliphatic rings. The largest absolute Gasteiger partial charge is 0.416 e. The number of fused-ring (bicyclic) bond motifs is 1. The Balaban J connectivity index is 1.94. The van der Waals surface area contributed by atoms with Gasteiger partial charge in [-0.15, -0.1) is 11.3 Å². The van der Waals surface area contributed by atoms with E-state index in [4.69, 9.17) is 0 Å². The van der Waals surface area contributed by atoms with Crippen molar-refractivity contribution in [2.75, 3.05) is 10.6 Å². The summed E-state index contributed by atoms with van der Waals surface area (Å²) in [7, 11) is 0. The molecule has 1 aromatic heterocycles. The number of nitrogens with one attached hydrogen (secondary N) is 2. The number of hydrogen-bond acceptors (Lipinski definition) is 3. The fourth-order valence-corrected chi connectivity index (χ4v) is 5.15. The summed E-state index contributed by atoms with van der Waals surface area (Å²) in [4.78, 5) is 25.8. The van der Waals surface area contributed by atoms with Crippen LogP contribution in [0.15, 0.2) is 24.3 Å². The molecule has 8 heteroatoms. The summed E-state index contributed by atoms with van der Waals surface area (Å²) >= 11 is 1.38. The lowest BCUT2D eigenvalue weighted by Crippen LogP contribution is -2.27. The molecule has 0 bridgehead atoms. The predicted molar refractivity (Wildman–Crippen MR) is 113 cm³/mol. The summed E-state index contributed by atoms with van der Waals surface area (Å²) in [5, 5.41) is 5.75. The Morgan fingerprint density at radius 2 is 1.83 bits per heavy atom. The highest BCUT2D eigenvalue weighted by atomic mass is 32.1. The van der Waals surface area contributed by atoms with Crippen LogP contribution in [0.2, 0.25) is 0 Å². The first-order chi connectivity index (χ1) is 13.9. The van der Waals surface area contributed by atoms with Crippen molar-refractivity contribution in [3.05, 3.63) is 45.8 Å². The molecule has 0 saturated carbocycles. The van der Waals surface area contributed by atoms with Crippen LogP contribution in [0.1, 0.15) is 60.5 Å². The fourth-order valence-electron chi connectivity index (χ4n) is 3.78. The Labute approximate surface area is 177 Å². The van der Waals surface area contributed by atoms with Crippen molar-refractivity contribution >= 4 is 33.8 Å². The van der Waals surface area contributed by atoms with Gasteiger partial charge in [0.05, 0.1) is 11.1 Å². The van der Waals surface area contributed by atoms with Gasteiger partial charge in [0, 0.05) is 17.5 Å². The third-order valence-corrected chi connectivity index (χ3v) is 6.62. The van der Waals surface area contributed by atoms with E-state index in [9.17, 15) is 22.8 Å². The molecule has 1 aromatic carbocycles. The lowest BCUT2D eigenvalue weighted by molar-refractivity contribution is -0.137. The molecule has 1 heterocycles. The van der Waals surface area contributed by atoms with Gasteiger partial charge in [0.25, 0.3) is 5.91 Å². The van der Waals surface area contributed by atoms with E-state index in [0.29, 0.717) is 22.9 Å². The van der Waals surface area contributed by atoms with Gasteiger partial charge in [0.15, 0.2) is 0 Å². The lowest BCUT2D eigenvalue weighted by atomic mass is 9.72. The normalized spacial score (nSPS) is 16.7. The Kier molecular flexibility index (Phi) is 6.00. The van der Waals surface area contributed by atoms with Crippen molar-refractivity contribution < 1.29 is 22.8 Å². The minimum Gasteiger partial charge on any atom is -0.322 e. The van der Waals surface area contributed by atoms with Crippen molar-refractivity contribution in [1.29, 1.82) is 0 Å². The van der Waals surface area contributed by atoms with Crippen LogP contribution in [0.5, 0.6) is 0 Å². The van der Waals surface area contributed by atoms with E-state index in [1.165, 1.54) is 30.4 Å². The van der Waals surface area contributed by atoms with Gasteiger partial charge in [-0.3, -0.25) is 9.59 Å². The molecule has 2 amide bonds. The van der Waals surface area contributed by atoms with Gasteiger partial charge < -0.3 is 10.6 Å². The van der Waals surface area contributed by atoms with E-state index >= 15 is 0 Å². The number of carbonyl (C=O) groups excluding carboxylic acids is 2. The summed E-state index contributed by atoms with van der Waals surface area (Å²) in [6.07, 6.45) is -2.08. The van der Waals surface area contributed by atoms with Crippen LogP contribution in [0.25, 0.3) is 0 Å². The minimum atomic E-state index is -4.49. The zero-order valence-corrected chi connectivity index (χ0v) is 18.2. The first kappa shape index (κ1) is 22.3. The first-order valence-corrected chi connectivity index (χ1v) is 10.6. The summed E-state index contributed by atoms with van der Waals surface area (Å²) in [5.74, 6) is -0.355. The fraction of sp³-hybridized carbons (Fsp3) is 0.455. The number of thiophene rings is 1. The zero-order valence-electron chi connectivity index (χ0n) is 17.4. The molecule has 3 rings (SSSR count). The standard InChI is InChI=1S/C22H25F3N2O2S/c1-12(28)26-20-18(16-9-8-13(21(2,3)4)11-17(16)30-20)19(29)27-15-7-5-6-14(10-15)22(23,24)25/h5-7,10,13H,8-9,11H2,1-4H3,(H,26,28)(H,27,29)/t13-/m1/s1. The summed E-state index contributed by atoms with van der Waals surface area (Å²) in [6.45, 7) is 7.93. The van der Waals surface area contributed by atoms with Gasteiger partial charge in [-0.2, -0.15) is 13.2 Å². The molecular formula is C22H25F3N2O2S. The number of hydrogen-bond donors (Lipinski definition) is 2. The number of rotatable bonds is 3. The highest BCUT2D eigenvalue weighted by molar-refractivity contribution is 7.17. The van der Waals surface area contributed by atoms with Crippen molar-refractivity contribution in [3.8, 4) is 0 Å². The van der Waals surface area contributed by atoms with Crippen molar-refractivity contribution in [1.82, 2.24) is 0 Å². The van der Waals surface area contributed by atoms with Gasteiger partial charge in [-0.05, 0) is 54.4 Å². The number of halogens is 3. The quantitative estimate of drug-likeness (QED) is 0.606. The Morgan fingerprint density at radius 1 is 1.13 bits per heavy atom. The average molecular weight is 439 g/mol. The highest BCUT2D eigenvalue weighted by Crippen LogP contribution is 2.44. The van der Waals surface area contributed by atoms with E-state index in [2.05, 4.69) is 31.4 Å². The maximum Gasteiger partial charge on any atom is 0.416 e. The smallest absolute Gasteiger partial charge is 0.322 e. The van der Waals surface area contributed by atoms with E-state index in [-0.39, 0.29) is 17.0 Å². The van der Waals surface area contributed by atoms with Gasteiger partial charge in [-0.25, -0.2) is 0 Å². The van der Waals surface area contributed by atoms with Crippen LogP contribution in [0, 0.1) is 11.3 Å². The SMILES string of the molecule is CC(=O)Nc1sc2c(c1C(=O)Nc1cccc(C(F)(F)F)c1)CC[C@@H](C(C)(C)C)C2. The van der Waals surface area contributed by atoms with Crippen LogP contribution in [-0.2, 0) is 23.8 Å². The molecule has 1 aliphatic carbocycles. The maximum absolute atomic E-state index is 13.1. The Bertz CT molecular complexity index is 974. The molecule has 1 atom stereocenters. The highest BCUT2D eigenvalue weighted by Gasteiger charge is 2.34. The first-order valence-electron chi connectivity index (χ1n) is 9.77. The van der Waals surface area contributed by atoms with E-state index in [1.807, 2.05) is 0 Å². The van der Waals surface area contributed by atoms with Crippen LogP contribution in [-0.4, -0.2) is 11.8 Å². The molecule has 0 radical (unpaired) electrons. The van der Waals surface area contributed by atoms with Gasteiger partial charge in [0.2, 0.25) is 5.91 Å². The summed E-state index contributed by atoms with van der Waals surface area (Å²) < 4.78 is 39.0. The lowest BCUT2D eigenvalue weighted by Gasteiger charge is -2.33. The predicted octanol–water partition coefficient (Wildman–Crippen LogP) is 6.13. The second-order valence-electron chi connectivity index (χ2n) is 8.73. The number of benzene rings is 1. The molecule has 0 unspecified atom stereocenters. The monoisotopic (exact) mass is 438 g/mol. The van der Waals surface area contributed by atoms with Gasteiger partial charge in [0.1, 0.15) is 5.00 Å². The summed E-state index contributed by atoms with van der Waals surface area (Å²) in [5.41, 5.74) is 0.592. The van der Waals surface area contributed by atoms with Gasteiger partial charge >= 0.3 is 6.18 Å². The van der Waals surface area contributed by atoms with Gasteiger partial charge in [-0.1, -0.05) is 26.8 Å². The number of carbonyl (C=O) groups is 2. The molecule has 0 aliphatic heterocycles. The Hall–Kier alpha value is -2.35. The van der Waals surface area contributed by atoms with Crippen LogP contribution in [0.3, 0.4) is 0 Å². The second-order valence-corrected chi connectivity index (χ2v) is 9.83. The molecule has 0 fully saturated rings. The Morgan fingerprint density at radius 3 is 2.43 bits per heavy atom. The topological polar surface area (TPSA) is 58.2 Å². The van der Waals surface area contributed by atoms with Crippen LogP contribution >= 0.6 is 11.3 Å². The van der Waals surface area contributed by atoms with Crippen LogP contribution in [0.4, 0.5) is 23.9 Å². The zero-order chi connectivity index (χ0) is 22.3. The van der Waals surface area contributed by atoms with E-state index in [0.717, 1.165) is 35.4 Å². The van der Waals surface area contributed by atoms with Crippen molar-refractivity contribution in [2.45, 2.75) is 53.1 Å². The third kappa shape index (κ3) is 4.86. The van der Waals surface area contributed by atoms with Crippen LogP contribution < -0.4 is 10.6 Å². The van der Waals surface area contributed by atoms with E-state index < -0.39 is 17.6 Å². The van der Waals surface area contributed by atoms with Crippen molar-refractivity contribution in [2.24, 2.45) is 11.3 Å². The number of amides is 2. The molecule has 0 saturated heterocycles. The van der Waals surface area contributed by atoms with Crippen molar-refractivity contribution in [3.63, 3.8) is 0 Å². The molecule has 30 heavy (non-hydrogen) atoms. The maximum atomic E-state index is 13.1. The second kappa shape index (κ2) is 8.06.